The molecule has 0 amide bonds. The maximum absolute atomic E-state index is 13.0. The molecule has 0 fully saturated rings. The number of hydrogen-bond acceptors (Lipinski definition) is 9. The lowest BCUT2D eigenvalue weighted by atomic mass is 10.1. The van der Waals surface area contributed by atoms with Gasteiger partial charge in [-0.05, 0) is 46.9 Å². The van der Waals surface area contributed by atoms with Crippen LogP contribution in [-0.4, -0.2) is 49.0 Å². The number of ether oxygens (including phenoxy) is 4. The van der Waals surface area contributed by atoms with Crippen LogP contribution in [0.4, 0.5) is 5.82 Å². The van der Waals surface area contributed by atoms with E-state index in [0.717, 1.165) is 17.5 Å². The number of hydrogen-bond donors (Lipinski definition) is 1. The summed E-state index contributed by atoms with van der Waals surface area (Å²) in [6.45, 7) is 0.760. The van der Waals surface area contributed by atoms with Gasteiger partial charge in [0, 0.05) is 30.7 Å². The molecule has 2 aliphatic carbocycles. The van der Waals surface area contributed by atoms with E-state index in [1.54, 1.807) is 19.2 Å². The summed E-state index contributed by atoms with van der Waals surface area (Å²) < 4.78 is 22.1. The minimum Gasteiger partial charge on any atom is -0.493 e. The highest BCUT2D eigenvalue weighted by atomic mass is 16.5. The molecule has 9 nitrogen and oxygen atoms in total. The Hall–Kier alpha value is -5.02. The van der Waals surface area contributed by atoms with Crippen molar-refractivity contribution in [2.45, 2.75) is 6.42 Å². The summed E-state index contributed by atoms with van der Waals surface area (Å²) in [4.78, 5) is 34.5. The topological polar surface area (TPSA) is 109 Å². The molecule has 1 heterocycles. The van der Waals surface area contributed by atoms with E-state index in [-0.39, 0.29) is 11.5 Å². The molecule has 2 aliphatic rings. The highest BCUT2D eigenvalue weighted by Crippen LogP contribution is 2.39. The zero-order chi connectivity index (χ0) is 27.6. The van der Waals surface area contributed by atoms with Crippen molar-refractivity contribution in [2.24, 2.45) is 0 Å². The number of anilines is 1. The monoisotopic (exact) mass is 535 g/mol. The van der Waals surface area contributed by atoms with Crippen LogP contribution in [0.1, 0.15) is 11.1 Å². The molecule has 1 aromatic heterocycles. The van der Waals surface area contributed by atoms with Gasteiger partial charge in [0.25, 0.3) is 0 Å². The largest absolute Gasteiger partial charge is 0.493 e. The molecule has 4 aromatic rings. The summed E-state index contributed by atoms with van der Waals surface area (Å²) in [5.74, 6) is 0.918. The number of nitrogens with one attached hydrogen (secondary N) is 1. The molecule has 9 heteroatoms. The minimum atomic E-state index is -0.435. The van der Waals surface area contributed by atoms with Gasteiger partial charge in [-0.15, -0.1) is 0 Å². The molecule has 3 aromatic carbocycles. The highest BCUT2D eigenvalue weighted by Gasteiger charge is 2.25. The molecule has 0 unspecified atom stereocenters. The second-order valence-electron chi connectivity index (χ2n) is 9.26. The number of fused-ring (bicyclic) bond motifs is 4. The Morgan fingerprint density at radius 1 is 0.850 bits per heavy atom. The average molecular weight is 536 g/mol. The third-order valence-electron chi connectivity index (χ3n) is 6.76. The maximum Gasteiger partial charge on any atom is 0.223 e. The second-order valence-corrected chi connectivity index (χ2v) is 9.26. The van der Waals surface area contributed by atoms with Crippen LogP contribution in [0.2, 0.25) is 0 Å². The number of carbonyl (C=O) groups excluding carboxylic acids is 2. The van der Waals surface area contributed by atoms with Crippen LogP contribution in [0.25, 0.3) is 22.0 Å². The first-order chi connectivity index (χ1) is 19.5. The molecular formula is C31H25N3O6. The molecule has 0 spiro atoms. The Kier molecular flexibility index (Phi) is 6.71. The van der Waals surface area contributed by atoms with E-state index in [2.05, 4.69) is 27.4 Å². The zero-order valence-electron chi connectivity index (χ0n) is 21.9. The Morgan fingerprint density at radius 3 is 2.55 bits per heavy atom. The van der Waals surface area contributed by atoms with Gasteiger partial charge in [0.1, 0.15) is 24.5 Å². The third kappa shape index (κ3) is 4.78. The maximum atomic E-state index is 13.0. The summed E-state index contributed by atoms with van der Waals surface area (Å²) >= 11 is 0. The summed E-state index contributed by atoms with van der Waals surface area (Å²) in [5.41, 5.74) is 5.36. The van der Waals surface area contributed by atoms with Crippen molar-refractivity contribution >= 4 is 28.3 Å². The first-order valence-corrected chi connectivity index (χ1v) is 12.7. The van der Waals surface area contributed by atoms with Gasteiger partial charge in [0.05, 0.1) is 24.9 Å². The van der Waals surface area contributed by atoms with Crippen molar-refractivity contribution in [3.8, 4) is 28.4 Å². The van der Waals surface area contributed by atoms with E-state index in [0.29, 0.717) is 47.2 Å². The van der Waals surface area contributed by atoms with Gasteiger partial charge in [0.15, 0.2) is 17.3 Å². The lowest BCUT2D eigenvalue weighted by molar-refractivity contribution is -0.116. The number of carbonyl (C=O) groups is 2. The Bertz CT molecular complexity index is 1730. The number of aromatic nitrogens is 2. The fraction of sp³-hybridized carbons (Fsp3) is 0.161. The van der Waals surface area contributed by atoms with Crippen LogP contribution in [0.3, 0.4) is 0 Å². The van der Waals surface area contributed by atoms with Crippen LogP contribution in [0, 0.1) is 0 Å². The van der Waals surface area contributed by atoms with Crippen LogP contribution in [-0.2, 0) is 20.7 Å². The molecule has 1 N–H and O–H groups in total. The van der Waals surface area contributed by atoms with Gasteiger partial charge in [-0.2, -0.15) is 0 Å². The fourth-order valence-electron chi connectivity index (χ4n) is 4.83. The number of ketones is 2. The lowest BCUT2D eigenvalue weighted by Gasteiger charge is -2.16. The molecular weight excluding hydrogens is 510 g/mol. The smallest absolute Gasteiger partial charge is 0.223 e. The standard InChI is InChI=1S/C31H25N3O6/c1-37-9-10-39-30-15-24-23(13-29(30)38-2)31(33-17-32-24)34-25-14-27(36)28(16-26(25)35)40-20-7-8-22-19(12-20)11-18-5-3-4-6-21(18)22/h3-8,12-17H,9-11H2,1-2H3,(H,32,33,34). The van der Waals surface area contributed by atoms with Gasteiger partial charge in [-0.25, -0.2) is 9.97 Å². The average Bonchev–Trinajstić information content (AvgIpc) is 3.33. The predicted molar refractivity (Wildman–Crippen MR) is 149 cm³/mol. The van der Waals surface area contributed by atoms with E-state index in [1.807, 2.05) is 30.3 Å². The number of nitrogens with zero attached hydrogens (tertiary/aromatic N) is 2. The first kappa shape index (κ1) is 25.3. The summed E-state index contributed by atoms with van der Waals surface area (Å²) in [6.07, 6.45) is 4.57. The summed E-state index contributed by atoms with van der Waals surface area (Å²) in [7, 11) is 3.12. The Balaban J connectivity index is 1.20. The van der Waals surface area contributed by atoms with Crippen LogP contribution in [0.15, 0.2) is 84.5 Å². The molecule has 0 bridgehead atoms. The molecule has 0 saturated heterocycles. The van der Waals surface area contributed by atoms with Crippen molar-refractivity contribution < 1.29 is 28.5 Å². The molecule has 40 heavy (non-hydrogen) atoms. The molecule has 0 radical (unpaired) electrons. The van der Waals surface area contributed by atoms with E-state index < -0.39 is 11.6 Å². The van der Waals surface area contributed by atoms with Crippen LogP contribution < -0.4 is 19.5 Å². The van der Waals surface area contributed by atoms with Gasteiger partial charge in [-0.1, -0.05) is 30.3 Å². The van der Waals surface area contributed by atoms with Crippen molar-refractivity contribution in [2.75, 3.05) is 32.8 Å². The second kappa shape index (κ2) is 10.6. The normalized spacial score (nSPS) is 13.8. The minimum absolute atomic E-state index is 0.0434. The van der Waals surface area contributed by atoms with Gasteiger partial charge >= 0.3 is 0 Å². The van der Waals surface area contributed by atoms with Gasteiger partial charge in [-0.3, -0.25) is 9.59 Å². The zero-order valence-corrected chi connectivity index (χ0v) is 21.9. The summed E-state index contributed by atoms with van der Waals surface area (Å²) in [6, 6.07) is 17.4. The Labute approximate surface area is 230 Å². The van der Waals surface area contributed by atoms with Crippen molar-refractivity contribution in [3.63, 3.8) is 0 Å². The quantitative estimate of drug-likeness (QED) is 0.213. The number of allylic oxidation sites excluding steroid dienone is 2. The van der Waals surface area contributed by atoms with E-state index in [9.17, 15) is 9.59 Å². The Morgan fingerprint density at radius 2 is 1.70 bits per heavy atom. The number of rotatable bonds is 9. The van der Waals surface area contributed by atoms with Gasteiger partial charge < -0.3 is 24.3 Å². The van der Waals surface area contributed by atoms with Gasteiger partial charge in [0.2, 0.25) is 11.6 Å². The van der Waals surface area contributed by atoms with Crippen molar-refractivity contribution in [1.82, 2.24) is 9.97 Å². The van der Waals surface area contributed by atoms with Crippen LogP contribution >= 0.6 is 0 Å². The SMILES string of the molecule is COCCOc1cc2ncnc(NC3=CC(=O)C(Oc4ccc5c(c4)Cc4ccccc4-5)=CC3=O)c2cc1OC. The molecule has 0 aliphatic heterocycles. The number of methoxy groups -OCH3 is 2. The van der Waals surface area contributed by atoms with Crippen molar-refractivity contribution in [3.05, 3.63) is 95.7 Å². The first-order valence-electron chi connectivity index (χ1n) is 12.7. The third-order valence-corrected chi connectivity index (χ3v) is 6.76. The molecule has 200 valence electrons. The van der Waals surface area contributed by atoms with Crippen molar-refractivity contribution in [1.29, 1.82) is 0 Å². The van der Waals surface area contributed by atoms with E-state index >= 15 is 0 Å². The highest BCUT2D eigenvalue weighted by molar-refractivity contribution is 6.20. The summed E-state index contributed by atoms with van der Waals surface area (Å²) in [5, 5.41) is 3.57. The van der Waals surface area contributed by atoms with E-state index in [4.69, 9.17) is 18.9 Å². The molecule has 0 saturated carbocycles. The fourth-order valence-corrected chi connectivity index (χ4v) is 4.83. The number of benzene rings is 3. The van der Waals surface area contributed by atoms with E-state index in [1.165, 1.54) is 36.7 Å². The lowest BCUT2D eigenvalue weighted by Crippen LogP contribution is -2.21. The molecule has 0 atom stereocenters. The van der Waals surface area contributed by atoms with Crippen LogP contribution in [0.5, 0.6) is 17.2 Å². The predicted octanol–water partition coefficient (Wildman–Crippen LogP) is 4.65. The molecule has 6 rings (SSSR count).